The van der Waals surface area contributed by atoms with Crippen molar-refractivity contribution in [2.75, 3.05) is 0 Å². The summed E-state index contributed by atoms with van der Waals surface area (Å²) in [6.07, 6.45) is 27.4. The van der Waals surface area contributed by atoms with Crippen molar-refractivity contribution in [1.82, 2.24) is 0 Å². The van der Waals surface area contributed by atoms with Gasteiger partial charge >= 0.3 is 0 Å². The molecule has 0 heterocycles. The van der Waals surface area contributed by atoms with Crippen molar-refractivity contribution in [2.24, 2.45) is 16.2 Å². The van der Waals surface area contributed by atoms with Crippen molar-refractivity contribution in [2.45, 2.75) is 27.7 Å². The fourth-order valence-electron chi connectivity index (χ4n) is 4.89. The van der Waals surface area contributed by atoms with Crippen LogP contribution in [-0.2, 0) is 0 Å². The van der Waals surface area contributed by atoms with E-state index in [-0.39, 0.29) is 16.2 Å². The maximum atomic E-state index is 2.38. The van der Waals surface area contributed by atoms with E-state index >= 15 is 0 Å². The Hall–Kier alpha value is -2.86. The van der Waals surface area contributed by atoms with E-state index in [1.165, 1.54) is 33.4 Å². The number of allylic oxidation sites excluding steroid dienone is 16. The second kappa shape index (κ2) is 6.07. The molecule has 0 saturated heterocycles. The standard InChI is InChI=1S/C29H28/c1-27(2)16-5-6-21(13-17-27)22-7-9-23(10-8-22)24-11-12-25-14-18-28(3)19-15-26(20-24)29(25,28)4/h5-20H,1-4H3. The highest BCUT2D eigenvalue weighted by atomic mass is 14.5. The fraction of sp³-hybridized carbons (Fsp3) is 0.241. The first-order valence-electron chi connectivity index (χ1n) is 10.5. The van der Waals surface area contributed by atoms with E-state index in [0.717, 1.165) is 0 Å². The molecule has 0 radical (unpaired) electrons. The minimum absolute atomic E-state index is 0.0558. The SMILES string of the molecule is CC1(C)C=CC=C(c2ccc(C3=CC=C4C=CC5(C)C=CC(=C3)C45C)cc2)C=C1. The molecule has 0 amide bonds. The van der Waals surface area contributed by atoms with E-state index in [1.807, 2.05) is 0 Å². The minimum Gasteiger partial charge on any atom is -0.0751 e. The second-order valence-electron chi connectivity index (χ2n) is 9.63. The molecule has 1 aromatic rings. The summed E-state index contributed by atoms with van der Waals surface area (Å²) in [5, 5.41) is 0. The van der Waals surface area contributed by atoms with Gasteiger partial charge in [-0.15, -0.1) is 0 Å². The third kappa shape index (κ3) is 2.74. The van der Waals surface area contributed by atoms with Gasteiger partial charge in [-0.05, 0) is 33.4 Å². The summed E-state index contributed by atoms with van der Waals surface area (Å²) < 4.78 is 0. The molecule has 0 N–H and O–H groups in total. The normalized spacial score (nSPS) is 30.9. The molecule has 4 aliphatic carbocycles. The lowest BCUT2D eigenvalue weighted by atomic mass is 9.66. The fourth-order valence-corrected chi connectivity index (χ4v) is 4.89. The quantitative estimate of drug-likeness (QED) is 0.498. The Morgan fingerprint density at radius 2 is 1.24 bits per heavy atom. The van der Waals surface area contributed by atoms with Gasteiger partial charge in [0, 0.05) is 16.2 Å². The van der Waals surface area contributed by atoms with Gasteiger partial charge in [-0.3, -0.25) is 0 Å². The highest BCUT2D eigenvalue weighted by molar-refractivity contribution is 5.82. The third-order valence-corrected chi connectivity index (χ3v) is 7.25. The first-order valence-corrected chi connectivity index (χ1v) is 10.5. The summed E-state index contributed by atoms with van der Waals surface area (Å²) in [4.78, 5) is 0. The van der Waals surface area contributed by atoms with Crippen LogP contribution in [0.15, 0.2) is 108 Å². The Balaban J connectivity index is 1.49. The Morgan fingerprint density at radius 3 is 1.97 bits per heavy atom. The van der Waals surface area contributed by atoms with E-state index in [0.29, 0.717) is 0 Å². The van der Waals surface area contributed by atoms with Gasteiger partial charge in [0.05, 0.1) is 0 Å². The molecule has 0 bridgehead atoms. The van der Waals surface area contributed by atoms with E-state index in [1.54, 1.807) is 0 Å². The molecular formula is C29H28. The summed E-state index contributed by atoms with van der Waals surface area (Å²) in [6, 6.07) is 8.99. The third-order valence-electron chi connectivity index (χ3n) is 7.25. The molecule has 4 aliphatic rings. The maximum Gasteiger partial charge on any atom is 0.0297 e. The Bertz CT molecular complexity index is 1120. The number of hydrogen-bond donors (Lipinski definition) is 0. The molecule has 2 unspecified atom stereocenters. The average molecular weight is 377 g/mol. The molecule has 5 rings (SSSR count). The second-order valence-corrected chi connectivity index (χ2v) is 9.63. The van der Waals surface area contributed by atoms with Crippen LogP contribution in [0.25, 0.3) is 11.1 Å². The lowest BCUT2D eigenvalue weighted by Crippen LogP contribution is -2.29. The molecule has 0 nitrogen and oxygen atoms in total. The van der Waals surface area contributed by atoms with Gasteiger partial charge in [0.2, 0.25) is 0 Å². The average Bonchev–Trinajstić information content (AvgIpc) is 2.94. The van der Waals surface area contributed by atoms with Crippen LogP contribution in [0.4, 0.5) is 0 Å². The van der Waals surface area contributed by atoms with Crippen molar-refractivity contribution in [3.8, 4) is 0 Å². The van der Waals surface area contributed by atoms with Crippen LogP contribution in [0, 0.1) is 16.2 Å². The first-order chi connectivity index (χ1) is 13.8. The van der Waals surface area contributed by atoms with Crippen molar-refractivity contribution in [1.29, 1.82) is 0 Å². The minimum atomic E-state index is 0.0558. The maximum absolute atomic E-state index is 2.38. The van der Waals surface area contributed by atoms with E-state index in [9.17, 15) is 0 Å². The molecule has 0 heteroatoms. The lowest BCUT2D eigenvalue weighted by molar-refractivity contribution is 0.325. The molecule has 0 aliphatic heterocycles. The van der Waals surface area contributed by atoms with Gasteiger partial charge in [0.25, 0.3) is 0 Å². The molecule has 29 heavy (non-hydrogen) atoms. The number of hydrogen-bond acceptors (Lipinski definition) is 0. The van der Waals surface area contributed by atoms with Gasteiger partial charge < -0.3 is 0 Å². The molecule has 0 spiro atoms. The van der Waals surface area contributed by atoms with E-state index in [2.05, 4.69) is 125 Å². The van der Waals surface area contributed by atoms with Gasteiger partial charge in [-0.2, -0.15) is 0 Å². The van der Waals surface area contributed by atoms with E-state index in [4.69, 9.17) is 0 Å². The molecule has 2 atom stereocenters. The summed E-state index contributed by atoms with van der Waals surface area (Å²) in [6.45, 7) is 9.18. The van der Waals surface area contributed by atoms with Gasteiger partial charge in [0.1, 0.15) is 0 Å². The van der Waals surface area contributed by atoms with Gasteiger partial charge in [-0.25, -0.2) is 0 Å². The van der Waals surface area contributed by atoms with Crippen LogP contribution >= 0.6 is 0 Å². The van der Waals surface area contributed by atoms with Crippen molar-refractivity contribution in [3.63, 3.8) is 0 Å². The summed E-state index contributed by atoms with van der Waals surface area (Å²) in [7, 11) is 0. The zero-order valence-corrected chi connectivity index (χ0v) is 17.7. The first kappa shape index (κ1) is 18.2. The monoisotopic (exact) mass is 376 g/mol. The smallest absolute Gasteiger partial charge is 0.0297 e. The van der Waals surface area contributed by atoms with Gasteiger partial charge in [0.15, 0.2) is 0 Å². The zero-order valence-electron chi connectivity index (χ0n) is 17.7. The topological polar surface area (TPSA) is 0 Å². The van der Waals surface area contributed by atoms with E-state index < -0.39 is 0 Å². The van der Waals surface area contributed by atoms with Crippen LogP contribution < -0.4 is 0 Å². The van der Waals surface area contributed by atoms with Crippen molar-refractivity contribution in [3.05, 3.63) is 119 Å². The highest BCUT2D eigenvalue weighted by Gasteiger charge is 2.52. The number of benzene rings is 1. The van der Waals surface area contributed by atoms with Gasteiger partial charge in [-0.1, -0.05) is 125 Å². The molecule has 1 aromatic carbocycles. The predicted octanol–water partition coefficient (Wildman–Crippen LogP) is 7.62. The van der Waals surface area contributed by atoms with Crippen molar-refractivity contribution < 1.29 is 0 Å². The molecule has 144 valence electrons. The highest BCUT2D eigenvalue weighted by Crippen LogP contribution is 2.61. The van der Waals surface area contributed by atoms with Crippen LogP contribution in [-0.4, -0.2) is 0 Å². The van der Waals surface area contributed by atoms with Crippen LogP contribution in [0.5, 0.6) is 0 Å². The Labute approximate surface area is 174 Å². The Morgan fingerprint density at radius 1 is 0.586 bits per heavy atom. The summed E-state index contributed by atoms with van der Waals surface area (Å²) in [5.41, 5.74) is 8.14. The lowest BCUT2D eigenvalue weighted by Gasteiger charge is -2.36. The Kier molecular flexibility index (Phi) is 3.80. The molecule has 0 aromatic heterocycles. The predicted molar refractivity (Wildman–Crippen MR) is 125 cm³/mol. The number of rotatable bonds is 2. The van der Waals surface area contributed by atoms with Crippen LogP contribution in [0.3, 0.4) is 0 Å². The largest absolute Gasteiger partial charge is 0.0751 e. The van der Waals surface area contributed by atoms with Crippen molar-refractivity contribution >= 4 is 11.1 Å². The van der Waals surface area contributed by atoms with Crippen LogP contribution in [0.2, 0.25) is 0 Å². The summed E-state index contributed by atoms with van der Waals surface area (Å²) >= 11 is 0. The molecule has 0 saturated carbocycles. The zero-order chi connectivity index (χ0) is 20.3. The molecule has 0 fully saturated rings. The molecular weight excluding hydrogens is 348 g/mol. The summed E-state index contributed by atoms with van der Waals surface area (Å²) in [5.74, 6) is 0. The van der Waals surface area contributed by atoms with Crippen LogP contribution in [0.1, 0.15) is 38.8 Å².